The number of ether oxygens (including phenoxy) is 1. The summed E-state index contributed by atoms with van der Waals surface area (Å²) in [6.07, 6.45) is 8.86. The van der Waals surface area contributed by atoms with Crippen molar-refractivity contribution in [2.45, 2.75) is 84.0 Å². The van der Waals surface area contributed by atoms with Gasteiger partial charge < -0.3 is 20.3 Å². The van der Waals surface area contributed by atoms with Crippen LogP contribution >= 0.6 is 0 Å². The van der Waals surface area contributed by atoms with Crippen molar-refractivity contribution in [2.24, 2.45) is 0 Å². The summed E-state index contributed by atoms with van der Waals surface area (Å²) in [5.41, 5.74) is -0.608. The van der Waals surface area contributed by atoms with Crippen molar-refractivity contribution in [1.82, 2.24) is 5.32 Å². The first-order valence-electron chi connectivity index (χ1n) is 8.25. The maximum atomic E-state index is 11.6. The fourth-order valence-electron chi connectivity index (χ4n) is 1.93. The SMILES string of the molecule is CCCCCCC/C=C/[C@H](O)[C@H](CO)NC(=O)OC(C)(C)C. The van der Waals surface area contributed by atoms with E-state index < -0.39 is 23.8 Å². The van der Waals surface area contributed by atoms with Crippen LogP contribution in [0, 0.1) is 0 Å². The summed E-state index contributed by atoms with van der Waals surface area (Å²) in [5, 5.41) is 21.7. The highest BCUT2D eigenvalue weighted by Crippen LogP contribution is 2.08. The number of hydrogen-bond donors (Lipinski definition) is 3. The van der Waals surface area contributed by atoms with E-state index in [9.17, 15) is 15.0 Å². The lowest BCUT2D eigenvalue weighted by Crippen LogP contribution is -2.47. The van der Waals surface area contributed by atoms with E-state index in [1.807, 2.05) is 6.08 Å². The molecule has 0 heterocycles. The van der Waals surface area contributed by atoms with E-state index in [1.165, 1.54) is 25.7 Å². The Morgan fingerprint density at radius 2 is 1.86 bits per heavy atom. The van der Waals surface area contributed by atoms with Crippen molar-refractivity contribution in [3.63, 3.8) is 0 Å². The third-order valence-corrected chi connectivity index (χ3v) is 3.12. The molecule has 0 aromatic carbocycles. The van der Waals surface area contributed by atoms with Gasteiger partial charge in [-0.05, 0) is 33.6 Å². The molecule has 0 unspecified atom stereocenters. The number of carbonyl (C=O) groups is 1. The minimum absolute atomic E-state index is 0.346. The van der Waals surface area contributed by atoms with Gasteiger partial charge in [-0.15, -0.1) is 0 Å². The zero-order chi connectivity index (χ0) is 17.0. The van der Waals surface area contributed by atoms with Gasteiger partial charge in [-0.25, -0.2) is 4.79 Å². The third kappa shape index (κ3) is 11.6. The highest BCUT2D eigenvalue weighted by Gasteiger charge is 2.22. The van der Waals surface area contributed by atoms with Gasteiger partial charge in [-0.3, -0.25) is 0 Å². The Labute approximate surface area is 134 Å². The number of nitrogens with one attached hydrogen (secondary N) is 1. The first-order valence-corrected chi connectivity index (χ1v) is 8.25. The van der Waals surface area contributed by atoms with E-state index in [2.05, 4.69) is 12.2 Å². The van der Waals surface area contributed by atoms with Gasteiger partial charge in [0.05, 0.1) is 18.8 Å². The molecule has 0 bridgehead atoms. The molecule has 0 aliphatic rings. The molecule has 0 aliphatic carbocycles. The summed E-state index contributed by atoms with van der Waals surface area (Å²) in [7, 11) is 0. The largest absolute Gasteiger partial charge is 0.444 e. The van der Waals surface area contributed by atoms with Crippen molar-refractivity contribution < 1.29 is 19.7 Å². The van der Waals surface area contributed by atoms with Gasteiger partial charge in [0.2, 0.25) is 0 Å². The second kappa shape index (κ2) is 11.5. The lowest BCUT2D eigenvalue weighted by atomic mass is 10.1. The minimum Gasteiger partial charge on any atom is -0.444 e. The average molecular weight is 315 g/mol. The van der Waals surface area contributed by atoms with Crippen molar-refractivity contribution >= 4 is 6.09 Å². The summed E-state index contributed by atoms with van der Waals surface area (Å²) in [6.45, 7) is 7.12. The molecule has 0 spiro atoms. The predicted octanol–water partition coefficient (Wildman–Crippen LogP) is 3.15. The molecule has 2 atom stereocenters. The van der Waals surface area contributed by atoms with E-state index in [-0.39, 0.29) is 6.61 Å². The highest BCUT2D eigenvalue weighted by atomic mass is 16.6. The molecule has 0 fully saturated rings. The summed E-state index contributed by atoms with van der Waals surface area (Å²) >= 11 is 0. The van der Waals surface area contributed by atoms with Crippen LogP contribution in [0.2, 0.25) is 0 Å². The van der Waals surface area contributed by atoms with E-state index in [0.717, 1.165) is 12.8 Å². The second-order valence-corrected chi connectivity index (χ2v) is 6.56. The second-order valence-electron chi connectivity index (χ2n) is 6.56. The van der Waals surface area contributed by atoms with Crippen molar-refractivity contribution in [2.75, 3.05) is 6.61 Å². The van der Waals surface area contributed by atoms with E-state index in [4.69, 9.17) is 4.74 Å². The van der Waals surface area contributed by atoms with Crippen LogP contribution < -0.4 is 5.32 Å². The molecule has 0 aromatic rings. The molecule has 5 nitrogen and oxygen atoms in total. The molecule has 130 valence electrons. The summed E-state index contributed by atoms with van der Waals surface area (Å²) in [5.74, 6) is 0. The Bertz CT molecular complexity index is 323. The zero-order valence-electron chi connectivity index (χ0n) is 14.5. The van der Waals surface area contributed by atoms with Gasteiger partial charge in [-0.1, -0.05) is 44.8 Å². The lowest BCUT2D eigenvalue weighted by Gasteiger charge is -2.24. The van der Waals surface area contributed by atoms with Crippen LogP contribution in [0.15, 0.2) is 12.2 Å². The standard InChI is InChI=1S/C17H33NO4/c1-5-6-7-8-9-10-11-12-15(20)14(13-19)18-16(21)22-17(2,3)4/h11-12,14-15,19-20H,5-10,13H2,1-4H3,(H,18,21)/b12-11+/t14-,15-/m0/s1. The number of allylic oxidation sites excluding steroid dienone is 1. The Morgan fingerprint density at radius 3 is 2.41 bits per heavy atom. The molecule has 0 saturated heterocycles. The number of amides is 1. The molecule has 0 saturated carbocycles. The lowest BCUT2D eigenvalue weighted by molar-refractivity contribution is 0.0405. The number of alkyl carbamates (subject to hydrolysis) is 1. The molecule has 0 rings (SSSR count). The van der Waals surface area contributed by atoms with Crippen molar-refractivity contribution in [3.8, 4) is 0 Å². The number of carbonyl (C=O) groups excluding carboxylic acids is 1. The molecule has 1 amide bonds. The molecular formula is C17H33NO4. The Morgan fingerprint density at radius 1 is 1.23 bits per heavy atom. The maximum Gasteiger partial charge on any atom is 0.408 e. The summed E-state index contributed by atoms with van der Waals surface area (Å²) in [4.78, 5) is 11.6. The molecular weight excluding hydrogens is 282 g/mol. The van der Waals surface area contributed by atoms with Gasteiger partial charge in [0, 0.05) is 0 Å². The van der Waals surface area contributed by atoms with Crippen LogP contribution in [0.25, 0.3) is 0 Å². The zero-order valence-corrected chi connectivity index (χ0v) is 14.5. The fraction of sp³-hybridized carbons (Fsp3) is 0.824. The fourth-order valence-corrected chi connectivity index (χ4v) is 1.93. The van der Waals surface area contributed by atoms with E-state index >= 15 is 0 Å². The van der Waals surface area contributed by atoms with Crippen molar-refractivity contribution in [1.29, 1.82) is 0 Å². The van der Waals surface area contributed by atoms with Crippen LogP contribution in [0.1, 0.15) is 66.2 Å². The number of hydrogen-bond acceptors (Lipinski definition) is 4. The van der Waals surface area contributed by atoms with Gasteiger partial charge in [-0.2, -0.15) is 0 Å². The van der Waals surface area contributed by atoms with Gasteiger partial charge in [0.1, 0.15) is 5.60 Å². The molecule has 3 N–H and O–H groups in total. The van der Waals surface area contributed by atoms with Crippen LogP contribution in [0.5, 0.6) is 0 Å². The van der Waals surface area contributed by atoms with Crippen LogP contribution in [-0.4, -0.2) is 40.7 Å². The number of aliphatic hydroxyl groups excluding tert-OH is 2. The summed E-state index contributed by atoms with van der Waals surface area (Å²) in [6, 6.07) is -0.758. The van der Waals surface area contributed by atoms with E-state index in [0.29, 0.717) is 0 Å². The van der Waals surface area contributed by atoms with Crippen LogP contribution in [-0.2, 0) is 4.74 Å². The third-order valence-electron chi connectivity index (χ3n) is 3.12. The van der Waals surface area contributed by atoms with Crippen molar-refractivity contribution in [3.05, 3.63) is 12.2 Å². The molecule has 0 aliphatic heterocycles. The minimum atomic E-state index is -0.923. The Hall–Kier alpha value is -1.07. The average Bonchev–Trinajstić information content (AvgIpc) is 2.41. The highest BCUT2D eigenvalue weighted by molar-refractivity contribution is 5.68. The van der Waals surface area contributed by atoms with Gasteiger partial charge >= 0.3 is 6.09 Å². The first-order chi connectivity index (χ1) is 10.3. The number of rotatable bonds is 10. The molecule has 22 heavy (non-hydrogen) atoms. The van der Waals surface area contributed by atoms with Crippen LogP contribution in [0.4, 0.5) is 4.79 Å². The van der Waals surface area contributed by atoms with E-state index in [1.54, 1.807) is 26.8 Å². The summed E-state index contributed by atoms with van der Waals surface area (Å²) < 4.78 is 5.10. The smallest absolute Gasteiger partial charge is 0.408 e. The first kappa shape index (κ1) is 20.9. The number of aliphatic hydroxyl groups is 2. The number of unbranched alkanes of at least 4 members (excludes halogenated alkanes) is 5. The predicted molar refractivity (Wildman–Crippen MR) is 88.8 cm³/mol. The molecule has 0 aromatic heterocycles. The van der Waals surface area contributed by atoms with Crippen LogP contribution in [0.3, 0.4) is 0 Å². The Balaban J connectivity index is 4.08. The molecule has 0 radical (unpaired) electrons. The maximum absolute atomic E-state index is 11.6. The monoisotopic (exact) mass is 315 g/mol. The van der Waals surface area contributed by atoms with Gasteiger partial charge in [0.15, 0.2) is 0 Å². The Kier molecular flexibility index (Phi) is 10.9. The molecule has 5 heteroatoms. The topological polar surface area (TPSA) is 78.8 Å². The normalized spacial score (nSPS) is 14.8. The quantitative estimate of drug-likeness (QED) is 0.427. The van der Waals surface area contributed by atoms with Gasteiger partial charge in [0.25, 0.3) is 0 Å².